The number of hydrogen-bond donors (Lipinski definition) is 0. The van der Waals surface area contributed by atoms with E-state index in [1.807, 2.05) is 81.4 Å². The van der Waals surface area contributed by atoms with E-state index in [0.29, 0.717) is 11.3 Å². The molecule has 0 aromatic carbocycles. The van der Waals surface area contributed by atoms with Gasteiger partial charge in [0.05, 0.1) is 11.3 Å². The van der Waals surface area contributed by atoms with Crippen LogP contribution in [-0.4, -0.2) is 29.8 Å². The molecule has 0 spiro atoms. The lowest BCUT2D eigenvalue weighted by atomic mass is 9.65. The summed E-state index contributed by atoms with van der Waals surface area (Å²) in [7, 11) is 1.50. The largest absolute Gasteiger partial charge is 0.399 e. The summed E-state index contributed by atoms with van der Waals surface area (Å²) in [5, 5.41) is 4.04. The van der Waals surface area contributed by atoms with Crippen LogP contribution in [0.4, 0.5) is 0 Å². The Hall–Kier alpha value is -1.46. The first-order valence-electron chi connectivity index (χ1n) is 9.00. The lowest BCUT2D eigenvalue weighted by Crippen LogP contribution is -2.55. The zero-order chi connectivity index (χ0) is 20.6. The zero-order valence-electron chi connectivity index (χ0n) is 18.2. The average Bonchev–Trinajstić information content (AvgIpc) is 2.43. The Morgan fingerprint density at radius 2 is 1.58 bits per heavy atom. The summed E-state index contributed by atoms with van der Waals surface area (Å²) < 4.78 is 0. The molecule has 0 aliphatic heterocycles. The number of oxime groups is 1. The molecule has 1 aliphatic rings. The van der Waals surface area contributed by atoms with E-state index in [0.717, 1.165) is 5.57 Å². The molecule has 5 nitrogen and oxygen atoms in total. The number of allylic oxidation sites excluding steroid dienone is 2. The van der Waals surface area contributed by atoms with Gasteiger partial charge in [-0.05, 0) is 50.8 Å². The highest BCUT2D eigenvalue weighted by molar-refractivity contribution is 6.12. The molecular weight excluding hydrogens is 330 g/mol. The average molecular weight is 366 g/mol. The Morgan fingerprint density at radius 1 is 1.04 bits per heavy atom. The molecule has 0 aromatic rings. The highest BCUT2D eigenvalue weighted by atomic mass is 17.2. The van der Waals surface area contributed by atoms with E-state index in [1.165, 1.54) is 7.11 Å². The van der Waals surface area contributed by atoms with Crippen molar-refractivity contribution >= 4 is 11.5 Å². The molecule has 1 rings (SSSR count). The Morgan fingerprint density at radius 3 is 1.96 bits per heavy atom. The van der Waals surface area contributed by atoms with Gasteiger partial charge in [-0.1, -0.05) is 46.7 Å². The van der Waals surface area contributed by atoms with Crippen molar-refractivity contribution in [3.8, 4) is 0 Å². The normalized spacial score (nSPS) is 22.9. The summed E-state index contributed by atoms with van der Waals surface area (Å²) in [6, 6.07) is 0. The number of nitrogens with zero attached hydrogens (tertiary/aromatic N) is 1. The Labute approximate surface area is 158 Å². The monoisotopic (exact) mass is 365 g/mol. The third-order valence-electron chi connectivity index (χ3n) is 4.23. The first-order valence-corrected chi connectivity index (χ1v) is 9.00. The third-order valence-corrected chi connectivity index (χ3v) is 4.23. The van der Waals surface area contributed by atoms with Crippen LogP contribution in [0.5, 0.6) is 0 Å². The van der Waals surface area contributed by atoms with E-state index in [-0.39, 0.29) is 11.2 Å². The minimum absolute atomic E-state index is 0.0873. The number of hydrogen-bond acceptors (Lipinski definition) is 5. The molecule has 0 heterocycles. The maximum atomic E-state index is 13.6. The molecular formula is C21H35NO4. The molecule has 0 bridgehead atoms. The van der Waals surface area contributed by atoms with E-state index in [9.17, 15) is 4.79 Å². The van der Waals surface area contributed by atoms with Gasteiger partial charge in [0.15, 0.2) is 11.4 Å². The first-order chi connectivity index (χ1) is 11.5. The van der Waals surface area contributed by atoms with Gasteiger partial charge < -0.3 is 4.84 Å². The Kier molecular flexibility index (Phi) is 6.32. The lowest BCUT2D eigenvalue weighted by molar-refractivity contribution is -0.397. The first kappa shape index (κ1) is 22.6. The molecule has 0 amide bonds. The number of Topliss-reactive ketones (excluding diaryl/α,β-unsaturated/α-hetero) is 1. The molecule has 0 fully saturated rings. The van der Waals surface area contributed by atoms with Crippen LogP contribution in [0.1, 0.15) is 69.2 Å². The predicted molar refractivity (Wildman–Crippen MR) is 105 cm³/mol. The Bertz CT molecular complexity index is 636. The van der Waals surface area contributed by atoms with Gasteiger partial charge in [0.1, 0.15) is 7.11 Å². The summed E-state index contributed by atoms with van der Waals surface area (Å²) in [4.78, 5) is 30.1. The van der Waals surface area contributed by atoms with Gasteiger partial charge in [-0.25, -0.2) is 9.78 Å². The highest BCUT2D eigenvalue weighted by Crippen LogP contribution is 2.45. The number of carbonyl (C=O) groups is 1. The Balaban J connectivity index is 3.67. The molecule has 0 radical (unpaired) electrons. The van der Waals surface area contributed by atoms with Crippen molar-refractivity contribution in [3.63, 3.8) is 0 Å². The van der Waals surface area contributed by atoms with E-state index >= 15 is 0 Å². The van der Waals surface area contributed by atoms with E-state index in [2.05, 4.69) is 5.16 Å². The maximum Gasteiger partial charge on any atom is 0.199 e. The van der Waals surface area contributed by atoms with Crippen molar-refractivity contribution in [1.29, 1.82) is 0 Å². The van der Waals surface area contributed by atoms with Gasteiger partial charge >= 0.3 is 0 Å². The maximum absolute atomic E-state index is 13.6. The zero-order valence-corrected chi connectivity index (χ0v) is 18.2. The third kappa shape index (κ3) is 4.83. The van der Waals surface area contributed by atoms with Crippen LogP contribution in [0.15, 0.2) is 28.5 Å². The van der Waals surface area contributed by atoms with Crippen LogP contribution in [0.3, 0.4) is 0 Å². The van der Waals surface area contributed by atoms with Gasteiger partial charge in [0, 0.05) is 11.0 Å². The van der Waals surface area contributed by atoms with Crippen molar-refractivity contribution in [3.05, 3.63) is 23.3 Å². The molecule has 0 N–H and O–H groups in total. The molecule has 1 atom stereocenters. The van der Waals surface area contributed by atoms with Crippen LogP contribution in [-0.2, 0) is 19.4 Å². The second-order valence-corrected chi connectivity index (χ2v) is 9.86. The molecule has 0 aromatic heterocycles. The van der Waals surface area contributed by atoms with Gasteiger partial charge in [0.25, 0.3) is 0 Å². The van der Waals surface area contributed by atoms with Gasteiger partial charge in [-0.15, -0.1) is 0 Å². The SMILES string of the molecule is CO/N=C(\C)C1=CC(OOC(C)(C)C)(C(C)(C)C)C(=O)C(C(C)(C)C)=C1. The number of carbonyl (C=O) groups excluding carboxylic acids is 1. The summed E-state index contributed by atoms with van der Waals surface area (Å²) in [5.74, 6) is -0.0873. The minimum Gasteiger partial charge on any atom is -0.399 e. The lowest BCUT2D eigenvalue weighted by Gasteiger charge is -2.44. The molecule has 26 heavy (non-hydrogen) atoms. The van der Waals surface area contributed by atoms with Crippen molar-refractivity contribution in [2.24, 2.45) is 16.0 Å². The van der Waals surface area contributed by atoms with E-state index in [1.54, 1.807) is 0 Å². The topological polar surface area (TPSA) is 57.1 Å². The van der Waals surface area contributed by atoms with Gasteiger partial charge in [-0.3, -0.25) is 4.79 Å². The molecule has 5 heteroatoms. The summed E-state index contributed by atoms with van der Waals surface area (Å²) in [5.41, 5.74) is -0.570. The van der Waals surface area contributed by atoms with E-state index < -0.39 is 16.6 Å². The van der Waals surface area contributed by atoms with Crippen molar-refractivity contribution in [1.82, 2.24) is 0 Å². The fourth-order valence-corrected chi connectivity index (χ4v) is 2.64. The quantitative estimate of drug-likeness (QED) is 0.399. The van der Waals surface area contributed by atoms with Gasteiger partial charge in [0.2, 0.25) is 0 Å². The fraction of sp³-hybridized carbons (Fsp3) is 0.714. The summed E-state index contributed by atoms with van der Waals surface area (Å²) in [6.07, 6.45) is 3.69. The van der Waals surface area contributed by atoms with Crippen molar-refractivity contribution in [2.45, 2.75) is 80.4 Å². The van der Waals surface area contributed by atoms with Crippen molar-refractivity contribution < 1.29 is 19.4 Å². The minimum atomic E-state index is -1.27. The van der Waals surface area contributed by atoms with Crippen LogP contribution in [0.2, 0.25) is 0 Å². The molecule has 0 saturated heterocycles. The molecule has 1 unspecified atom stereocenters. The molecule has 148 valence electrons. The second kappa shape index (κ2) is 7.28. The highest BCUT2D eigenvalue weighted by Gasteiger charge is 2.54. The van der Waals surface area contributed by atoms with Gasteiger partial charge in [-0.2, -0.15) is 0 Å². The standard InChI is InChI=1S/C21H35NO4/c1-14(22-24-11)15-12-16(18(2,3)4)17(23)21(13-15,19(5,6)7)26-25-20(8,9)10/h12-13H,1-11H3/b22-14+. The number of ketones is 1. The predicted octanol–water partition coefficient (Wildman–Crippen LogP) is 5.02. The van der Waals surface area contributed by atoms with E-state index in [4.69, 9.17) is 14.6 Å². The van der Waals surface area contributed by atoms with Crippen LogP contribution < -0.4 is 0 Å². The smallest absolute Gasteiger partial charge is 0.199 e. The summed E-state index contributed by atoms with van der Waals surface area (Å²) in [6.45, 7) is 19.5. The molecule has 1 aliphatic carbocycles. The second-order valence-electron chi connectivity index (χ2n) is 9.86. The van der Waals surface area contributed by atoms with Crippen LogP contribution in [0, 0.1) is 10.8 Å². The van der Waals surface area contributed by atoms with Crippen LogP contribution in [0.25, 0.3) is 0 Å². The summed E-state index contributed by atoms with van der Waals surface area (Å²) >= 11 is 0. The van der Waals surface area contributed by atoms with Crippen LogP contribution >= 0.6 is 0 Å². The molecule has 0 saturated carbocycles. The van der Waals surface area contributed by atoms with Crippen molar-refractivity contribution in [2.75, 3.05) is 7.11 Å². The fourth-order valence-electron chi connectivity index (χ4n) is 2.64. The number of rotatable bonds is 4.